The van der Waals surface area contributed by atoms with Gasteiger partial charge < -0.3 is 14.7 Å². The van der Waals surface area contributed by atoms with Crippen molar-refractivity contribution in [3.05, 3.63) is 58.1 Å². The summed E-state index contributed by atoms with van der Waals surface area (Å²) in [5, 5.41) is 1.15. The molecule has 0 atom stereocenters. The zero-order valence-corrected chi connectivity index (χ0v) is 14.2. The number of Topliss-reactive ketones (excluding diaryl/α,β-unsaturated/α-hetero) is 1. The van der Waals surface area contributed by atoms with E-state index in [-0.39, 0.29) is 23.5 Å². The maximum absolute atomic E-state index is 12.5. The molecule has 0 fully saturated rings. The number of nitrogens with zero attached hydrogens (tertiary/aromatic N) is 1. The molecule has 3 rings (SSSR count). The van der Waals surface area contributed by atoms with Crippen LogP contribution in [0.2, 0.25) is 0 Å². The number of aromatic nitrogens is 3. The van der Waals surface area contributed by atoms with Crippen LogP contribution in [0.25, 0.3) is 10.9 Å². The third kappa shape index (κ3) is 3.97. The molecule has 25 heavy (non-hydrogen) atoms. The number of aromatic amines is 2. The summed E-state index contributed by atoms with van der Waals surface area (Å²) in [6.07, 6.45) is 1.59. The van der Waals surface area contributed by atoms with Gasteiger partial charge in [0.05, 0.1) is 25.0 Å². The maximum atomic E-state index is 12.5. The first-order valence-electron chi connectivity index (χ1n) is 7.46. The van der Waals surface area contributed by atoms with Gasteiger partial charge in [0.25, 0.3) is 5.56 Å². The maximum Gasteiger partial charge on any atom is 0.311 e. The normalized spacial score (nSPS) is 10.8. The Labute approximate surface area is 146 Å². The van der Waals surface area contributed by atoms with E-state index in [1.165, 1.54) is 13.2 Å². The number of carbonyl (C=O) groups is 2. The van der Waals surface area contributed by atoms with Gasteiger partial charge in [-0.05, 0) is 6.07 Å². The van der Waals surface area contributed by atoms with E-state index in [4.69, 9.17) is 0 Å². The highest BCUT2D eigenvalue weighted by atomic mass is 32.2. The topological polar surface area (TPSA) is 105 Å². The Morgan fingerprint density at radius 3 is 2.88 bits per heavy atom. The number of para-hydroxylation sites is 1. The summed E-state index contributed by atoms with van der Waals surface area (Å²) >= 11 is 1.12. The summed E-state index contributed by atoms with van der Waals surface area (Å²) in [5.41, 5.74) is 1.41. The van der Waals surface area contributed by atoms with Crippen molar-refractivity contribution in [1.29, 1.82) is 0 Å². The quantitative estimate of drug-likeness (QED) is 0.302. The van der Waals surface area contributed by atoms with E-state index in [0.717, 1.165) is 22.7 Å². The van der Waals surface area contributed by atoms with Gasteiger partial charge in [-0.2, -0.15) is 0 Å². The molecule has 3 aromatic rings. The van der Waals surface area contributed by atoms with Crippen LogP contribution < -0.4 is 5.56 Å². The zero-order chi connectivity index (χ0) is 17.8. The Morgan fingerprint density at radius 1 is 1.28 bits per heavy atom. The number of ether oxygens (including phenoxy) is 1. The molecule has 2 heterocycles. The predicted octanol–water partition coefficient (Wildman–Crippen LogP) is 1.94. The van der Waals surface area contributed by atoms with Gasteiger partial charge in [-0.25, -0.2) is 4.98 Å². The minimum absolute atomic E-state index is 0.0801. The largest absolute Gasteiger partial charge is 0.469 e. The van der Waals surface area contributed by atoms with Crippen LogP contribution in [0.1, 0.15) is 16.1 Å². The van der Waals surface area contributed by atoms with Crippen LogP contribution in [-0.4, -0.2) is 39.6 Å². The Balaban J connectivity index is 1.74. The van der Waals surface area contributed by atoms with Crippen LogP contribution in [-0.2, 0) is 16.0 Å². The van der Waals surface area contributed by atoms with E-state index in [1.807, 2.05) is 24.3 Å². The van der Waals surface area contributed by atoms with E-state index < -0.39 is 5.97 Å². The van der Waals surface area contributed by atoms with Gasteiger partial charge in [-0.3, -0.25) is 14.4 Å². The third-order valence-electron chi connectivity index (χ3n) is 3.56. The molecule has 7 nitrogen and oxygen atoms in total. The number of carbonyl (C=O) groups excluding carboxylic acids is 2. The Hall–Kier alpha value is -2.87. The number of fused-ring (bicyclic) bond motifs is 1. The van der Waals surface area contributed by atoms with Crippen molar-refractivity contribution < 1.29 is 14.3 Å². The number of benzene rings is 1. The molecule has 0 radical (unpaired) electrons. The Morgan fingerprint density at radius 2 is 2.08 bits per heavy atom. The number of rotatable bonds is 6. The van der Waals surface area contributed by atoms with Gasteiger partial charge in [-0.15, -0.1) is 0 Å². The second kappa shape index (κ2) is 7.35. The number of hydrogen-bond acceptors (Lipinski definition) is 6. The molecule has 0 spiro atoms. The van der Waals surface area contributed by atoms with Crippen LogP contribution in [0.4, 0.5) is 0 Å². The molecule has 0 saturated heterocycles. The van der Waals surface area contributed by atoms with Crippen LogP contribution >= 0.6 is 11.8 Å². The van der Waals surface area contributed by atoms with Gasteiger partial charge in [0.15, 0.2) is 10.9 Å². The van der Waals surface area contributed by atoms with E-state index in [2.05, 4.69) is 19.7 Å². The fraction of sp³-hybridized carbons (Fsp3) is 0.176. The molecule has 0 saturated carbocycles. The summed E-state index contributed by atoms with van der Waals surface area (Å²) in [6, 6.07) is 8.77. The average molecular weight is 357 g/mol. The summed E-state index contributed by atoms with van der Waals surface area (Å²) in [5.74, 6) is -0.445. The van der Waals surface area contributed by atoms with E-state index >= 15 is 0 Å². The second-order valence-electron chi connectivity index (χ2n) is 5.25. The Bertz CT molecular complexity index is 993. The van der Waals surface area contributed by atoms with Crippen molar-refractivity contribution in [3.8, 4) is 0 Å². The lowest BCUT2D eigenvalue weighted by atomic mass is 10.1. The highest BCUT2D eigenvalue weighted by Crippen LogP contribution is 2.21. The van der Waals surface area contributed by atoms with E-state index in [1.54, 1.807) is 6.20 Å². The van der Waals surface area contributed by atoms with Crippen molar-refractivity contribution in [2.75, 3.05) is 12.9 Å². The van der Waals surface area contributed by atoms with Crippen molar-refractivity contribution in [3.63, 3.8) is 0 Å². The summed E-state index contributed by atoms with van der Waals surface area (Å²) < 4.78 is 4.57. The van der Waals surface area contributed by atoms with Crippen molar-refractivity contribution in [2.24, 2.45) is 0 Å². The SMILES string of the molecule is COC(=O)Cc1cc(=O)[nH]c(SCC(=O)c2c[nH]c3ccccc23)n1. The van der Waals surface area contributed by atoms with Gasteiger partial charge in [0.1, 0.15) is 0 Å². The first kappa shape index (κ1) is 17.0. The third-order valence-corrected chi connectivity index (χ3v) is 4.43. The molecule has 0 amide bonds. The number of esters is 1. The number of hydrogen-bond donors (Lipinski definition) is 2. The fourth-order valence-corrected chi connectivity index (χ4v) is 3.15. The highest BCUT2D eigenvalue weighted by Gasteiger charge is 2.14. The number of thioether (sulfide) groups is 1. The molecule has 0 aliphatic rings. The van der Waals surface area contributed by atoms with Gasteiger partial charge in [-0.1, -0.05) is 30.0 Å². The van der Waals surface area contributed by atoms with Crippen molar-refractivity contribution >= 4 is 34.4 Å². The average Bonchev–Trinajstić information content (AvgIpc) is 3.03. The van der Waals surface area contributed by atoms with E-state index in [0.29, 0.717) is 16.4 Å². The van der Waals surface area contributed by atoms with Crippen LogP contribution in [0.5, 0.6) is 0 Å². The Kier molecular flexibility index (Phi) is 4.99. The second-order valence-corrected chi connectivity index (χ2v) is 6.22. The molecule has 128 valence electrons. The number of ketones is 1. The lowest BCUT2D eigenvalue weighted by Crippen LogP contribution is -2.14. The smallest absolute Gasteiger partial charge is 0.311 e. The van der Waals surface area contributed by atoms with Crippen molar-refractivity contribution in [1.82, 2.24) is 15.0 Å². The monoisotopic (exact) mass is 357 g/mol. The molecule has 0 aliphatic heterocycles. The molecule has 0 aliphatic carbocycles. The predicted molar refractivity (Wildman–Crippen MR) is 93.9 cm³/mol. The van der Waals surface area contributed by atoms with Crippen molar-refractivity contribution in [2.45, 2.75) is 11.6 Å². The van der Waals surface area contributed by atoms with Gasteiger partial charge in [0.2, 0.25) is 0 Å². The van der Waals surface area contributed by atoms with Crippen LogP contribution in [0, 0.1) is 0 Å². The molecule has 0 bridgehead atoms. The van der Waals surface area contributed by atoms with Gasteiger partial charge >= 0.3 is 5.97 Å². The molecule has 8 heteroatoms. The minimum atomic E-state index is -0.482. The van der Waals surface area contributed by atoms with E-state index in [9.17, 15) is 14.4 Å². The first-order valence-corrected chi connectivity index (χ1v) is 8.44. The first-order chi connectivity index (χ1) is 12.1. The van der Waals surface area contributed by atoms with Crippen LogP contribution in [0.3, 0.4) is 0 Å². The molecule has 0 unspecified atom stereocenters. The minimum Gasteiger partial charge on any atom is -0.469 e. The highest BCUT2D eigenvalue weighted by molar-refractivity contribution is 7.99. The number of nitrogens with one attached hydrogen (secondary N) is 2. The molecular formula is C17H15N3O4S. The van der Waals surface area contributed by atoms with Gasteiger partial charge in [0, 0.05) is 28.7 Å². The molecule has 2 aromatic heterocycles. The van der Waals surface area contributed by atoms with Crippen LogP contribution in [0.15, 0.2) is 46.5 Å². The lowest BCUT2D eigenvalue weighted by Gasteiger charge is -2.03. The number of H-pyrrole nitrogens is 2. The molecule has 2 N–H and O–H groups in total. The lowest BCUT2D eigenvalue weighted by molar-refractivity contribution is -0.139. The fourth-order valence-electron chi connectivity index (χ4n) is 2.38. The summed E-state index contributed by atoms with van der Waals surface area (Å²) in [6.45, 7) is 0. The zero-order valence-electron chi connectivity index (χ0n) is 13.4. The molecule has 1 aromatic carbocycles. The number of methoxy groups -OCH3 is 1. The summed E-state index contributed by atoms with van der Waals surface area (Å²) in [4.78, 5) is 45.2. The standard InChI is InChI=1S/C17H15N3O4S/c1-24-16(23)7-10-6-15(22)20-17(19-10)25-9-14(21)12-8-18-13-5-3-2-4-11(12)13/h2-6,8,18H,7,9H2,1H3,(H,19,20,22). The summed E-state index contributed by atoms with van der Waals surface area (Å²) in [7, 11) is 1.27. The molecular weight excluding hydrogens is 342 g/mol.